The molecule has 1 heterocycles. The van der Waals surface area contributed by atoms with Crippen molar-refractivity contribution in [3.63, 3.8) is 0 Å². The van der Waals surface area contributed by atoms with Crippen molar-refractivity contribution in [2.45, 2.75) is 12.8 Å². The van der Waals surface area contributed by atoms with Crippen molar-refractivity contribution >= 4 is 5.91 Å². The lowest BCUT2D eigenvalue weighted by atomic mass is 10.1. The van der Waals surface area contributed by atoms with E-state index in [0.29, 0.717) is 18.8 Å². The van der Waals surface area contributed by atoms with E-state index in [-0.39, 0.29) is 29.6 Å². The van der Waals surface area contributed by atoms with E-state index in [1.807, 2.05) is 37.4 Å². The summed E-state index contributed by atoms with van der Waals surface area (Å²) >= 11 is 0. The highest BCUT2D eigenvalue weighted by Gasteiger charge is 2.26. The molecule has 1 aliphatic heterocycles. The number of carbonyl (C=O) groups excluding carboxylic acids is 1. The number of likely N-dealkylation sites (N-methyl/N-ethyl adjacent to an activating group) is 1. The van der Waals surface area contributed by atoms with Crippen molar-refractivity contribution in [2.24, 2.45) is 0 Å². The van der Waals surface area contributed by atoms with Crippen LogP contribution in [0, 0.1) is 5.82 Å². The summed E-state index contributed by atoms with van der Waals surface area (Å²) < 4.78 is 27.4. The van der Waals surface area contributed by atoms with Gasteiger partial charge in [-0.1, -0.05) is 36.4 Å². The maximum absolute atomic E-state index is 15.6. The highest BCUT2D eigenvalue weighted by atomic mass is 19.1. The summed E-state index contributed by atoms with van der Waals surface area (Å²) in [6.45, 7) is 2.94. The number of amides is 1. The van der Waals surface area contributed by atoms with Gasteiger partial charge in [0.2, 0.25) is 0 Å². The van der Waals surface area contributed by atoms with Crippen LogP contribution in [0.5, 0.6) is 17.2 Å². The van der Waals surface area contributed by atoms with Gasteiger partial charge in [-0.05, 0) is 49.7 Å². The number of rotatable bonds is 6. The third-order valence-electron chi connectivity index (χ3n) is 5.55. The minimum absolute atomic E-state index is 0.0116. The molecular weight excluding hydrogens is 395 g/mol. The lowest BCUT2D eigenvalue weighted by molar-refractivity contribution is 0.0658. The van der Waals surface area contributed by atoms with E-state index in [1.54, 1.807) is 23.1 Å². The summed E-state index contributed by atoms with van der Waals surface area (Å²) in [6, 6.07) is 12.3. The topological polar surface area (TPSA) is 42.0 Å². The van der Waals surface area contributed by atoms with Gasteiger partial charge in [-0.15, -0.1) is 0 Å². The summed E-state index contributed by atoms with van der Waals surface area (Å²) in [6.07, 6.45) is 7.86. The molecule has 1 fully saturated rings. The molecule has 5 nitrogen and oxygen atoms in total. The summed E-state index contributed by atoms with van der Waals surface area (Å²) in [5.41, 5.74) is 1.08. The fraction of sp³-hybridized carbons (Fsp3) is 0.320. The number of nitrogens with zero attached hydrogens (tertiary/aromatic N) is 2. The minimum atomic E-state index is -0.677. The molecule has 0 bridgehead atoms. The Bertz CT molecular complexity index is 980. The first kappa shape index (κ1) is 21.1. The predicted molar refractivity (Wildman–Crippen MR) is 118 cm³/mol. The number of hydrogen-bond donors (Lipinski definition) is 0. The highest BCUT2D eigenvalue weighted by Crippen LogP contribution is 2.36. The number of para-hydroxylation sites is 1. The molecule has 0 unspecified atom stereocenters. The van der Waals surface area contributed by atoms with Gasteiger partial charge in [0.1, 0.15) is 12.4 Å². The molecule has 0 saturated carbocycles. The Morgan fingerprint density at radius 1 is 1.06 bits per heavy atom. The van der Waals surface area contributed by atoms with Gasteiger partial charge >= 0.3 is 0 Å². The molecule has 1 aliphatic carbocycles. The smallest absolute Gasteiger partial charge is 0.257 e. The first-order valence-electron chi connectivity index (χ1n) is 10.6. The van der Waals surface area contributed by atoms with Crippen LogP contribution >= 0.6 is 0 Å². The van der Waals surface area contributed by atoms with Crippen LogP contribution in [0.2, 0.25) is 0 Å². The van der Waals surface area contributed by atoms with Crippen molar-refractivity contribution in [3.05, 3.63) is 77.6 Å². The van der Waals surface area contributed by atoms with Gasteiger partial charge in [0, 0.05) is 26.2 Å². The van der Waals surface area contributed by atoms with Gasteiger partial charge in [-0.3, -0.25) is 4.79 Å². The third kappa shape index (κ3) is 5.14. The second kappa shape index (κ2) is 9.79. The SMILES string of the molecule is CN1CCN(C(=O)c2ccc(Oc3ccccc3)c(OCC3=CC=CCC3)c2F)CC1. The van der Waals surface area contributed by atoms with Crippen LogP contribution in [-0.2, 0) is 0 Å². The Balaban J connectivity index is 1.61. The van der Waals surface area contributed by atoms with E-state index in [0.717, 1.165) is 31.5 Å². The Hall–Kier alpha value is -3.12. The van der Waals surface area contributed by atoms with Crippen LogP contribution in [-0.4, -0.2) is 55.5 Å². The third-order valence-corrected chi connectivity index (χ3v) is 5.55. The normalized spacial score (nSPS) is 16.7. The van der Waals surface area contributed by atoms with Gasteiger partial charge < -0.3 is 19.3 Å². The molecule has 0 aromatic heterocycles. The van der Waals surface area contributed by atoms with Crippen LogP contribution < -0.4 is 9.47 Å². The van der Waals surface area contributed by atoms with E-state index in [1.165, 1.54) is 6.07 Å². The molecule has 1 amide bonds. The van der Waals surface area contributed by atoms with E-state index in [9.17, 15) is 4.79 Å². The molecule has 31 heavy (non-hydrogen) atoms. The molecule has 1 saturated heterocycles. The molecule has 0 atom stereocenters. The number of halogens is 1. The van der Waals surface area contributed by atoms with E-state index in [4.69, 9.17) is 9.47 Å². The Labute approximate surface area is 182 Å². The van der Waals surface area contributed by atoms with Gasteiger partial charge in [0.25, 0.3) is 5.91 Å². The van der Waals surface area contributed by atoms with Gasteiger partial charge in [0.15, 0.2) is 17.3 Å². The quantitative estimate of drug-likeness (QED) is 0.679. The predicted octanol–water partition coefficient (Wildman–Crippen LogP) is 4.66. The van der Waals surface area contributed by atoms with Crippen LogP contribution in [0.3, 0.4) is 0 Å². The lowest BCUT2D eigenvalue weighted by Crippen LogP contribution is -2.47. The standard InChI is InChI=1S/C25H27FN2O3/c1-27-14-16-28(17-15-27)25(29)21-12-13-22(31-20-10-6-3-7-11-20)24(23(21)26)30-18-19-8-4-2-5-9-19/h2-4,6-8,10-13H,5,9,14-18H2,1H3. The van der Waals surface area contributed by atoms with Crippen molar-refractivity contribution in [2.75, 3.05) is 39.8 Å². The summed E-state index contributed by atoms with van der Waals surface area (Å²) in [4.78, 5) is 16.8. The summed E-state index contributed by atoms with van der Waals surface area (Å²) in [7, 11) is 2.01. The summed E-state index contributed by atoms with van der Waals surface area (Å²) in [5.74, 6) is -0.194. The molecule has 0 N–H and O–H groups in total. The molecule has 0 radical (unpaired) electrons. The fourth-order valence-corrected chi connectivity index (χ4v) is 3.65. The average Bonchev–Trinajstić information content (AvgIpc) is 2.80. The molecule has 162 valence electrons. The first-order chi connectivity index (χ1) is 15.1. The van der Waals surface area contributed by atoms with E-state index in [2.05, 4.69) is 11.0 Å². The van der Waals surface area contributed by atoms with Crippen LogP contribution in [0.4, 0.5) is 4.39 Å². The van der Waals surface area contributed by atoms with E-state index < -0.39 is 5.82 Å². The highest BCUT2D eigenvalue weighted by molar-refractivity contribution is 5.95. The van der Waals surface area contributed by atoms with E-state index >= 15 is 4.39 Å². The molecule has 2 aliphatic rings. The number of benzene rings is 2. The molecule has 6 heteroatoms. The first-order valence-corrected chi connectivity index (χ1v) is 10.6. The maximum atomic E-state index is 15.6. The summed E-state index contributed by atoms with van der Waals surface area (Å²) in [5, 5.41) is 0. The zero-order valence-corrected chi connectivity index (χ0v) is 17.7. The molecular formula is C25H27FN2O3. The minimum Gasteiger partial charge on any atom is -0.482 e. The molecule has 4 rings (SSSR count). The van der Waals surface area contributed by atoms with Crippen molar-refractivity contribution < 1.29 is 18.7 Å². The average molecular weight is 423 g/mol. The second-order valence-electron chi connectivity index (χ2n) is 7.85. The maximum Gasteiger partial charge on any atom is 0.257 e. The van der Waals surface area contributed by atoms with Gasteiger partial charge in [-0.2, -0.15) is 0 Å². The van der Waals surface area contributed by atoms with Crippen molar-refractivity contribution in [1.82, 2.24) is 9.80 Å². The Kier molecular flexibility index (Phi) is 6.67. The van der Waals surface area contributed by atoms with Gasteiger partial charge in [0.05, 0.1) is 5.56 Å². The number of hydrogen-bond acceptors (Lipinski definition) is 4. The van der Waals surface area contributed by atoms with Crippen molar-refractivity contribution in [3.8, 4) is 17.2 Å². The zero-order chi connectivity index (χ0) is 21.6. The monoisotopic (exact) mass is 422 g/mol. The zero-order valence-electron chi connectivity index (χ0n) is 17.7. The Morgan fingerprint density at radius 3 is 2.55 bits per heavy atom. The number of ether oxygens (including phenoxy) is 2. The molecule has 0 spiro atoms. The van der Waals surface area contributed by atoms with Crippen molar-refractivity contribution in [1.29, 1.82) is 0 Å². The second-order valence-corrected chi connectivity index (χ2v) is 7.85. The number of allylic oxidation sites excluding steroid dienone is 3. The van der Waals surface area contributed by atoms with Crippen LogP contribution in [0.25, 0.3) is 0 Å². The fourth-order valence-electron chi connectivity index (χ4n) is 3.65. The molecule has 2 aromatic carbocycles. The molecule has 2 aromatic rings. The van der Waals surface area contributed by atoms with Crippen LogP contribution in [0.1, 0.15) is 23.2 Å². The number of piperazine rings is 1. The number of carbonyl (C=O) groups is 1. The lowest BCUT2D eigenvalue weighted by Gasteiger charge is -2.32. The van der Waals surface area contributed by atoms with Crippen LogP contribution in [0.15, 0.2) is 66.3 Å². The Morgan fingerprint density at radius 2 is 1.84 bits per heavy atom. The van der Waals surface area contributed by atoms with Gasteiger partial charge in [-0.25, -0.2) is 4.39 Å². The largest absolute Gasteiger partial charge is 0.482 e.